The van der Waals surface area contributed by atoms with Crippen LogP contribution in [0.15, 0.2) is 22.7 Å². The maximum atomic E-state index is 8.61. The third-order valence-electron chi connectivity index (χ3n) is 3.15. The molecule has 0 spiro atoms. The molecule has 0 aliphatic heterocycles. The van der Waals surface area contributed by atoms with E-state index in [2.05, 4.69) is 16.2 Å². The quantitative estimate of drug-likeness (QED) is 0.832. The van der Waals surface area contributed by atoms with Gasteiger partial charge >= 0.3 is 0 Å². The Morgan fingerprint density at radius 2 is 2.25 bits per heavy atom. The lowest BCUT2D eigenvalue weighted by Crippen LogP contribution is -1.94. The maximum absolute atomic E-state index is 8.61. The predicted molar refractivity (Wildman–Crippen MR) is 74.3 cm³/mol. The number of benzene rings is 1. The van der Waals surface area contributed by atoms with E-state index in [9.17, 15) is 0 Å². The van der Waals surface area contributed by atoms with E-state index in [4.69, 9.17) is 14.5 Å². The van der Waals surface area contributed by atoms with E-state index in [-0.39, 0.29) is 5.92 Å². The molecule has 0 saturated carbocycles. The van der Waals surface area contributed by atoms with Gasteiger partial charge in [-0.15, -0.1) is 0 Å². The molecule has 0 saturated heterocycles. The first-order chi connectivity index (χ1) is 9.65. The Morgan fingerprint density at radius 1 is 1.45 bits per heavy atom. The molecule has 1 heterocycles. The Bertz CT molecular complexity index is 628. The van der Waals surface area contributed by atoms with Gasteiger partial charge in [-0.1, -0.05) is 18.1 Å². The summed E-state index contributed by atoms with van der Waals surface area (Å²) in [6, 6.07) is 7.96. The predicted octanol–water partition coefficient (Wildman–Crippen LogP) is 3.46. The lowest BCUT2D eigenvalue weighted by Gasteiger charge is -2.05. The molecule has 0 aliphatic carbocycles. The smallest absolute Gasteiger partial charge is 0.229 e. The van der Waals surface area contributed by atoms with Gasteiger partial charge in [0, 0.05) is 12.3 Å². The average molecular weight is 271 g/mol. The summed E-state index contributed by atoms with van der Waals surface area (Å²) in [5.41, 5.74) is 1.91. The molecule has 0 fully saturated rings. The number of methoxy groups -OCH3 is 1. The van der Waals surface area contributed by atoms with Gasteiger partial charge in [0.05, 0.1) is 18.7 Å². The van der Waals surface area contributed by atoms with Gasteiger partial charge in [-0.2, -0.15) is 10.2 Å². The maximum Gasteiger partial charge on any atom is 0.229 e. The van der Waals surface area contributed by atoms with Gasteiger partial charge in [-0.05, 0) is 31.0 Å². The second-order valence-electron chi connectivity index (χ2n) is 4.76. The van der Waals surface area contributed by atoms with Crippen molar-refractivity contribution in [3.63, 3.8) is 0 Å². The van der Waals surface area contributed by atoms with Crippen LogP contribution in [0.4, 0.5) is 0 Å². The molecular formula is C15H17N3O2. The molecule has 2 aromatic rings. The Balaban J connectivity index is 2.27. The zero-order chi connectivity index (χ0) is 14.5. The van der Waals surface area contributed by atoms with Crippen LogP contribution in [-0.2, 0) is 0 Å². The summed E-state index contributed by atoms with van der Waals surface area (Å²) >= 11 is 0. The first-order valence-corrected chi connectivity index (χ1v) is 6.51. The van der Waals surface area contributed by atoms with Gasteiger partial charge < -0.3 is 9.26 Å². The fraction of sp³-hybridized carbons (Fsp3) is 0.400. The minimum atomic E-state index is 0.0762. The number of aryl methyl sites for hydroxylation is 1. The molecule has 20 heavy (non-hydrogen) atoms. The van der Waals surface area contributed by atoms with Crippen molar-refractivity contribution in [2.45, 2.75) is 32.6 Å². The number of nitrogens with zero attached hydrogens (tertiary/aromatic N) is 3. The monoisotopic (exact) mass is 271 g/mol. The minimum Gasteiger partial charge on any atom is -0.496 e. The van der Waals surface area contributed by atoms with E-state index in [0.717, 1.165) is 16.9 Å². The summed E-state index contributed by atoms with van der Waals surface area (Å²) in [4.78, 5) is 4.40. The van der Waals surface area contributed by atoms with Crippen molar-refractivity contribution in [2.75, 3.05) is 7.11 Å². The van der Waals surface area contributed by atoms with Crippen molar-refractivity contribution in [1.29, 1.82) is 5.26 Å². The number of ether oxygens (including phenoxy) is 1. The van der Waals surface area contributed by atoms with E-state index >= 15 is 0 Å². The molecule has 1 aromatic heterocycles. The first-order valence-electron chi connectivity index (χ1n) is 6.51. The summed E-state index contributed by atoms with van der Waals surface area (Å²) in [6.07, 6.45) is 1.19. The topological polar surface area (TPSA) is 71.9 Å². The summed E-state index contributed by atoms with van der Waals surface area (Å²) in [6.45, 7) is 3.97. The largest absolute Gasteiger partial charge is 0.496 e. The molecule has 0 amide bonds. The lowest BCUT2D eigenvalue weighted by atomic mass is 10.1. The van der Waals surface area contributed by atoms with Crippen molar-refractivity contribution < 1.29 is 9.26 Å². The van der Waals surface area contributed by atoms with Gasteiger partial charge in [0.1, 0.15) is 5.75 Å². The molecule has 0 aliphatic rings. The molecule has 2 rings (SSSR count). The third-order valence-corrected chi connectivity index (χ3v) is 3.15. The number of nitriles is 1. The van der Waals surface area contributed by atoms with Crippen LogP contribution in [0.5, 0.6) is 5.75 Å². The Morgan fingerprint density at radius 3 is 2.95 bits per heavy atom. The molecule has 0 N–H and O–H groups in total. The average Bonchev–Trinajstić information content (AvgIpc) is 2.94. The molecule has 1 unspecified atom stereocenters. The van der Waals surface area contributed by atoms with E-state index in [1.165, 1.54) is 0 Å². The van der Waals surface area contributed by atoms with Crippen LogP contribution in [0.3, 0.4) is 0 Å². The van der Waals surface area contributed by atoms with Gasteiger partial charge in [-0.25, -0.2) is 0 Å². The van der Waals surface area contributed by atoms with Crippen molar-refractivity contribution in [3.05, 3.63) is 29.7 Å². The fourth-order valence-corrected chi connectivity index (χ4v) is 1.93. The highest BCUT2D eigenvalue weighted by molar-refractivity contribution is 5.64. The van der Waals surface area contributed by atoms with Crippen molar-refractivity contribution in [2.24, 2.45) is 0 Å². The van der Waals surface area contributed by atoms with Crippen LogP contribution in [0, 0.1) is 18.3 Å². The zero-order valence-corrected chi connectivity index (χ0v) is 11.9. The van der Waals surface area contributed by atoms with Gasteiger partial charge in [0.2, 0.25) is 11.7 Å². The summed E-state index contributed by atoms with van der Waals surface area (Å²) in [5.74, 6) is 1.87. The highest BCUT2D eigenvalue weighted by Crippen LogP contribution is 2.30. The second kappa shape index (κ2) is 6.20. The Kier molecular flexibility index (Phi) is 4.36. The van der Waals surface area contributed by atoms with Crippen molar-refractivity contribution in [1.82, 2.24) is 10.1 Å². The second-order valence-corrected chi connectivity index (χ2v) is 4.76. The number of aromatic nitrogens is 2. The molecule has 1 atom stereocenters. The van der Waals surface area contributed by atoms with Gasteiger partial charge in [-0.3, -0.25) is 0 Å². The molecular weight excluding hydrogens is 254 g/mol. The SMILES string of the molecule is COc1cc(C)ccc1-c1noc(C(C)CCC#N)n1. The highest BCUT2D eigenvalue weighted by Gasteiger charge is 2.17. The fourth-order valence-electron chi connectivity index (χ4n) is 1.93. The van der Waals surface area contributed by atoms with Crippen LogP contribution < -0.4 is 4.74 Å². The van der Waals surface area contributed by atoms with E-state index in [1.54, 1.807) is 7.11 Å². The Hall–Kier alpha value is -2.35. The van der Waals surface area contributed by atoms with Crippen molar-refractivity contribution in [3.8, 4) is 23.2 Å². The molecule has 5 nitrogen and oxygen atoms in total. The summed E-state index contributed by atoms with van der Waals surface area (Å²) in [5, 5.41) is 12.6. The molecule has 1 aromatic carbocycles. The first kappa shape index (κ1) is 14.1. The Labute approximate surface area is 118 Å². The number of hydrogen-bond acceptors (Lipinski definition) is 5. The summed E-state index contributed by atoms with van der Waals surface area (Å²) < 4.78 is 10.6. The summed E-state index contributed by atoms with van der Waals surface area (Å²) in [7, 11) is 1.62. The number of hydrogen-bond donors (Lipinski definition) is 0. The van der Waals surface area contributed by atoms with E-state index in [1.807, 2.05) is 32.0 Å². The highest BCUT2D eigenvalue weighted by atomic mass is 16.5. The lowest BCUT2D eigenvalue weighted by molar-refractivity contribution is 0.354. The molecule has 0 bridgehead atoms. The van der Waals surface area contributed by atoms with Crippen LogP contribution >= 0.6 is 0 Å². The van der Waals surface area contributed by atoms with Crippen molar-refractivity contribution >= 4 is 0 Å². The normalized spacial score (nSPS) is 11.9. The van der Waals surface area contributed by atoms with Gasteiger partial charge in [0.25, 0.3) is 0 Å². The van der Waals surface area contributed by atoms with Crippen LogP contribution in [0.1, 0.15) is 37.1 Å². The van der Waals surface area contributed by atoms with Gasteiger partial charge in [0.15, 0.2) is 0 Å². The van der Waals surface area contributed by atoms with Crippen LogP contribution in [0.25, 0.3) is 11.4 Å². The van der Waals surface area contributed by atoms with Crippen LogP contribution in [-0.4, -0.2) is 17.3 Å². The molecule has 104 valence electrons. The third kappa shape index (κ3) is 2.97. The zero-order valence-electron chi connectivity index (χ0n) is 11.9. The van der Waals surface area contributed by atoms with Crippen LogP contribution in [0.2, 0.25) is 0 Å². The van der Waals surface area contributed by atoms with E-state index in [0.29, 0.717) is 24.6 Å². The standard InChI is InChI=1S/C15H17N3O2/c1-10-6-7-12(13(9-10)19-3)14-17-15(20-18-14)11(2)5-4-8-16/h6-7,9,11H,4-5H2,1-3H3. The van der Waals surface area contributed by atoms with E-state index < -0.39 is 0 Å². The molecule has 5 heteroatoms. The minimum absolute atomic E-state index is 0.0762. The number of rotatable bonds is 5. The molecule has 0 radical (unpaired) electrons.